The molecular formula is C11H11FN2OS2. The van der Waals surface area contributed by atoms with Crippen LogP contribution in [0.15, 0.2) is 27.4 Å². The first-order valence-corrected chi connectivity index (χ1v) is 6.61. The molecule has 1 heterocycles. The van der Waals surface area contributed by atoms with Crippen LogP contribution in [-0.4, -0.2) is 14.5 Å². The van der Waals surface area contributed by atoms with Crippen LogP contribution in [0.25, 0.3) is 0 Å². The minimum atomic E-state index is -0.660. The molecule has 2 rings (SSSR count). The second-order valence-electron chi connectivity index (χ2n) is 3.58. The van der Waals surface area contributed by atoms with Crippen LogP contribution in [-0.2, 0) is 0 Å². The Hall–Kier alpha value is -0.980. The predicted octanol–water partition coefficient (Wildman–Crippen LogP) is 3.19. The van der Waals surface area contributed by atoms with E-state index in [9.17, 15) is 9.50 Å². The molecule has 6 heteroatoms. The first-order chi connectivity index (χ1) is 8.06. The van der Waals surface area contributed by atoms with Gasteiger partial charge in [0.1, 0.15) is 11.6 Å². The minimum Gasteiger partial charge on any atom is -0.389 e. The molecular weight excluding hydrogens is 259 g/mol. The van der Waals surface area contributed by atoms with Crippen LogP contribution < -0.4 is 0 Å². The van der Waals surface area contributed by atoms with Gasteiger partial charge in [-0.25, -0.2) is 9.37 Å². The number of benzene rings is 1. The summed E-state index contributed by atoms with van der Waals surface area (Å²) in [5.41, 5.74) is 0.570. The minimum absolute atomic E-state index is 0.346. The number of aromatic nitrogens is 2. The zero-order chi connectivity index (χ0) is 12.4. The van der Waals surface area contributed by atoms with Gasteiger partial charge in [-0.3, -0.25) is 0 Å². The molecule has 1 aromatic carbocycles. The molecule has 0 aliphatic carbocycles. The van der Waals surface area contributed by atoms with Crippen molar-refractivity contribution >= 4 is 23.3 Å². The summed E-state index contributed by atoms with van der Waals surface area (Å²) < 4.78 is 18.5. The van der Waals surface area contributed by atoms with Gasteiger partial charge in [-0.1, -0.05) is 17.8 Å². The first kappa shape index (κ1) is 12.5. The maximum Gasteiger partial charge on any atom is 0.174 e. The number of halogens is 1. The van der Waals surface area contributed by atoms with Gasteiger partial charge in [-0.05, 0) is 43.1 Å². The summed E-state index contributed by atoms with van der Waals surface area (Å²) in [5, 5.41) is 9.34. The molecule has 0 aliphatic heterocycles. The number of rotatable bonds is 3. The number of aryl methyl sites for hydroxylation is 1. The van der Waals surface area contributed by atoms with Crippen molar-refractivity contribution in [2.45, 2.75) is 29.2 Å². The molecule has 17 heavy (non-hydrogen) atoms. The van der Waals surface area contributed by atoms with E-state index in [0.29, 0.717) is 20.6 Å². The van der Waals surface area contributed by atoms with Crippen LogP contribution in [0.4, 0.5) is 4.39 Å². The molecule has 90 valence electrons. The molecule has 1 aromatic heterocycles. The lowest BCUT2D eigenvalue weighted by atomic mass is 10.1. The molecule has 0 fully saturated rings. The first-order valence-electron chi connectivity index (χ1n) is 5.02. The maximum atomic E-state index is 13.7. The predicted molar refractivity (Wildman–Crippen MR) is 65.8 cm³/mol. The van der Waals surface area contributed by atoms with Crippen LogP contribution in [0.1, 0.15) is 24.4 Å². The van der Waals surface area contributed by atoms with Crippen LogP contribution in [0.2, 0.25) is 0 Å². The van der Waals surface area contributed by atoms with Gasteiger partial charge in [0.05, 0.1) is 11.0 Å². The third-order valence-electron chi connectivity index (χ3n) is 2.14. The Morgan fingerprint density at radius 1 is 1.47 bits per heavy atom. The molecule has 1 N–H and O–H groups in total. The Kier molecular flexibility index (Phi) is 3.76. The molecule has 0 saturated carbocycles. The molecule has 0 bridgehead atoms. The highest BCUT2D eigenvalue weighted by atomic mass is 32.2. The van der Waals surface area contributed by atoms with Crippen molar-refractivity contribution in [3.8, 4) is 0 Å². The van der Waals surface area contributed by atoms with Gasteiger partial charge in [-0.2, -0.15) is 4.37 Å². The second kappa shape index (κ2) is 5.12. The lowest BCUT2D eigenvalue weighted by Crippen LogP contribution is -1.92. The fourth-order valence-corrected chi connectivity index (χ4v) is 2.89. The van der Waals surface area contributed by atoms with E-state index in [4.69, 9.17) is 0 Å². The summed E-state index contributed by atoms with van der Waals surface area (Å²) in [5.74, 6) is 0.347. The van der Waals surface area contributed by atoms with E-state index in [-0.39, 0.29) is 5.82 Å². The molecule has 3 nitrogen and oxygen atoms in total. The Morgan fingerprint density at radius 2 is 2.24 bits per heavy atom. The summed E-state index contributed by atoms with van der Waals surface area (Å²) in [6, 6.07) is 4.71. The zero-order valence-corrected chi connectivity index (χ0v) is 11.0. The summed E-state index contributed by atoms with van der Waals surface area (Å²) in [4.78, 5) is 4.65. The van der Waals surface area contributed by atoms with Crippen molar-refractivity contribution in [1.82, 2.24) is 9.36 Å². The van der Waals surface area contributed by atoms with Crippen LogP contribution in [0.3, 0.4) is 0 Å². The quantitative estimate of drug-likeness (QED) is 0.930. The van der Waals surface area contributed by atoms with Crippen molar-refractivity contribution in [1.29, 1.82) is 0 Å². The molecule has 0 radical (unpaired) electrons. The Morgan fingerprint density at radius 3 is 2.76 bits per heavy atom. The summed E-state index contributed by atoms with van der Waals surface area (Å²) in [6.45, 7) is 3.41. The standard InChI is InChI=1S/C11H11FN2OS2/c1-6(15)8-3-4-10(9(12)5-8)16-11-13-7(2)14-17-11/h3-6,15H,1-2H3. The van der Waals surface area contributed by atoms with Gasteiger partial charge in [0.25, 0.3) is 0 Å². The average molecular weight is 270 g/mol. The Balaban J connectivity index is 2.22. The van der Waals surface area contributed by atoms with Crippen LogP contribution >= 0.6 is 23.3 Å². The number of aliphatic hydroxyl groups is 1. The van der Waals surface area contributed by atoms with E-state index in [1.54, 1.807) is 26.0 Å². The van der Waals surface area contributed by atoms with E-state index < -0.39 is 6.10 Å². The van der Waals surface area contributed by atoms with Crippen LogP contribution in [0.5, 0.6) is 0 Å². The summed E-state index contributed by atoms with van der Waals surface area (Å²) in [6.07, 6.45) is -0.660. The van der Waals surface area contributed by atoms with Gasteiger partial charge in [-0.15, -0.1) is 0 Å². The van der Waals surface area contributed by atoms with Gasteiger partial charge in [0.15, 0.2) is 4.34 Å². The molecule has 0 aliphatic rings. The fourth-order valence-electron chi connectivity index (χ4n) is 1.27. The van der Waals surface area contributed by atoms with Crippen molar-refractivity contribution in [2.75, 3.05) is 0 Å². The fraction of sp³-hybridized carbons (Fsp3) is 0.273. The van der Waals surface area contributed by atoms with E-state index in [0.717, 1.165) is 0 Å². The third-order valence-corrected chi connectivity index (χ3v) is 4.04. The highest BCUT2D eigenvalue weighted by Gasteiger charge is 2.10. The Labute approximate surface area is 107 Å². The number of aliphatic hydroxyl groups excluding tert-OH is 1. The van der Waals surface area contributed by atoms with E-state index in [1.165, 1.54) is 29.4 Å². The van der Waals surface area contributed by atoms with Crippen LogP contribution in [0, 0.1) is 12.7 Å². The molecule has 2 aromatic rings. The number of nitrogens with zero attached hydrogens (tertiary/aromatic N) is 2. The van der Waals surface area contributed by atoms with Crippen molar-refractivity contribution in [3.63, 3.8) is 0 Å². The maximum absolute atomic E-state index is 13.7. The SMILES string of the molecule is Cc1nsc(Sc2ccc(C(C)O)cc2F)n1. The van der Waals surface area contributed by atoms with Gasteiger partial charge >= 0.3 is 0 Å². The largest absolute Gasteiger partial charge is 0.389 e. The topological polar surface area (TPSA) is 46.0 Å². The number of hydrogen-bond donors (Lipinski definition) is 1. The van der Waals surface area contributed by atoms with Crippen molar-refractivity contribution in [2.24, 2.45) is 0 Å². The average Bonchev–Trinajstić information content (AvgIpc) is 2.67. The summed E-state index contributed by atoms with van der Waals surface area (Å²) in [7, 11) is 0. The molecule has 0 amide bonds. The lowest BCUT2D eigenvalue weighted by molar-refractivity contribution is 0.198. The highest BCUT2D eigenvalue weighted by molar-refractivity contribution is 8.01. The van der Waals surface area contributed by atoms with Gasteiger partial charge in [0.2, 0.25) is 0 Å². The second-order valence-corrected chi connectivity index (χ2v) is 5.62. The molecule has 1 unspecified atom stereocenters. The molecule has 0 spiro atoms. The smallest absolute Gasteiger partial charge is 0.174 e. The van der Waals surface area contributed by atoms with Crippen molar-refractivity contribution in [3.05, 3.63) is 35.4 Å². The van der Waals surface area contributed by atoms with E-state index in [2.05, 4.69) is 9.36 Å². The molecule has 1 atom stereocenters. The lowest BCUT2D eigenvalue weighted by Gasteiger charge is -2.06. The van der Waals surface area contributed by atoms with E-state index in [1.807, 2.05) is 0 Å². The van der Waals surface area contributed by atoms with E-state index >= 15 is 0 Å². The molecule has 0 saturated heterocycles. The highest BCUT2D eigenvalue weighted by Crippen LogP contribution is 2.32. The Bertz CT molecular complexity index is 528. The van der Waals surface area contributed by atoms with Gasteiger partial charge < -0.3 is 5.11 Å². The monoisotopic (exact) mass is 270 g/mol. The number of hydrogen-bond acceptors (Lipinski definition) is 5. The normalized spacial score (nSPS) is 12.7. The summed E-state index contributed by atoms with van der Waals surface area (Å²) >= 11 is 2.49. The van der Waals surface area contributed by atoms with Gasteiger partial charge in [0, 0.05) is 0 Å². The third kappa shape index (κ3) is 3.02. The van der Waals surface area contributed by atoms with Crippen molar-refractivity contribution < 1.29 is 9.50 Å². The zero-order valence-electron chi connectivity index (χ0n) is 9.35.